The molecule has 4 heteroatoms. The van der Waals surface area contributed by atoms with E-state index in [0.29, 0.717) is 0 Å². The van der Waals surface area contributed by atoms with Crippen LogP contribution in [-0.2, 0) is 5.41 Å². The van der Waals surface area contributed by atoms with E-state index in [0.717, 1.165) is 50.3 Å². The molecule has 10 aromatic rings. The van der Waals surface area contributed by atoms with E-state index in [2.05, 4.69) is 254 Å². The number of anilines is 5. The van der Waals surface area contributed by atoms with Gasteiger partial charge >= 0.3 is 0 Å². The predicted molar refractivity (Wildman–Crippen MR) is 271 cm³/mol. The van der Waals surface area contributed by atoms with Crippen LogP contribution in [0.1, 0.15) is 38.8 Å². The highest BCUT2D eigenvalue weighted by molar-refractivity contribution is 7.14. The number of hydrogen-bond donors (Lipinski definition) is 0. The molecule has 1 aliphatic carbocycles. The number of nitrogens with zero attached hydrogens (tertiary/aromatic N) is 3. The molecule has 0 unspecified atom stereocenters. The first kappa shape index (κ1) is 38.5. The molecule has 0 atom stereocenters. The Morgan fingerprint density at radius 3 is 2.13 bits per heavy atom. The molecular weight excluding hydrogens is 783 g/mol. The van der Waals surface area contributed by atoms with E-state index in [4.69, 9.17) is 0 Å². The zero-order valence-electron chi connectivity index (χ0n) is 36.0. The standard InChI is InChI=1S/C59H47N3S/c1-5-6-18-40(2)60(45-31-32-50-49-24-12-14-26-53(49)59(3,4)54(50)39-45)46-35-43(36-47(38-46)62(58-29-17-34-63-58)55-28-16-20-41-19-10-11-23-48(41)55)42-30-33-57-52(37-42)51-25-13-15-27-56(51)61(57)44-21-8-7-9-22-44/h5-39H,1-4H3/b6-5-,40-18+. The molecule has 0 saturated carbocycles. The first-order valence-corrected chi connectivity index (χ1v) is 22.7. The fourth-order valence-electron chi connectivity index (χ4n) is 9.91. The van der Waals surface area contributed by atoms with Crippen molar-refractivity contribution in [2.45, 2.75) is 33.1 Å². The summed E-state index contributed by atoms with van der Waals surface area (Å²) in [5.41, 5.74) is 16.6. The van der Waals surface area contributed by atoms with E-state index < -0.39 is 0 Å². The van der Waals surface area contributed by atoms with Gasteiger partial charge in [0, 0.05) is 50.0 Å². The first-order chi connectivity index (χ1) is 30.9. The zero-order valence-corrected chi connectivity index (χ0v) is 36.8. The maximum atomic E-state index is 2.45. The van der Waals surface area contributed by atoms with E-state index in [1.807, 2.05) is 0 Å². The lowest BCUT2D eigenvalue weighted by molar-refractivity contribution is 0.660. The summed E-state index contributed by atoms with van der Waals surface area (Å²) in [6, 6.07) is 69.4. The Balaban J connectivity index is 1.17. The fourth-order valence-corrected chi connectivity index (χ4v) is 10.7. The highest BCUT2D eigenvalue weighted by Crippen LogP contribution is 2.51. The number of thiophene rings is 1. The molecule has 0 bridgehead atoms. The largest absolute Gasteiger partial charge is 0.314 e. The van der Waals surface area contributed by atoms with Crippen molar-refractivity contribution in [1.29, 1.82) is 0 Å². The Kier molecular flexibility index (Phi) is 9.48. The van der Waals surface area contributed by atoms with Gasteiger partial charge in [-0.25, -0.2) is 0 Å². The third kappa shape index (κ3) is 6.49. The normalized spacial score (nSPS) is 13.2. The van der Waals surface area contributed by atoms with Crippen LogP contribution >= 0.6 is 11.3 Å². The summed E-state index contributed by atoms with van der Waals surface area (Å²) in [4.78, 5) is 4.90. The maximum Gasteiger partial charge on any atom is 0.0999 e. The molecule has 304 valence electrons. The summed E-state index contributed by atoms with van der Waals surface area (Å²) in [5.74, 6) is 0. The highest BCUT2D eigenvalue weighted by atomic mass is 32.1. The van der Waals surface area contributed by atoms with Crippen molar-refractivity contribution in [3.8, 4) is 27.9 Å². The van der Waals surface area contributed by atoms with E-state index in [9.17, 15) is 0 Å². The summed E-state index contributed by atoms with van der Waals surface area (Å²) in [6.45, 7) is 9.03. The van der Waals surface area contributed by atoms with Gasteiger partial charge in [-0.3, -0.25) is 0 Å². The number of fused-ring (bicyclic) bond motifs is 7. The third-order valence-corrected chi connectivity index (χ3v) is 13.7. The maximum absolute atomic E-state index is 2.45. The minimum absolute atomic E-state index is 0.139. The van der Waals surface area contributed by atoms with Gasteiger partial charge in [0.15, 0.2) is 0 Å². The molecule has 11 rings (SSSR count). The Morgan fingerprint density at radius 2 is 1.29 bits per heavy atom. The Morgan fingerprint density at radius 1 is 0.556 bits per heavy atom. The smallest absolute Gasteiger partial charge is 0.0999 e. The summed E-state index contributed by atoms with van der Waals surface area (Å²) in [7, 11) is 0. The molecule has 0 aliphatic heterocycles. The Bertz CT molecular complexity index is 3400. The van der Waals surface area contributed by atoms with Gasteiger partial charge in [0.05, 0.1) is 21.7 Å². The number of benzene rings is 8. The predicted octanol–water partition coefficient (Wildman–Crippen LogP) is 17.1. The van der Waals surface area contributed by atoms with Crippen LogP contribution in [0.3, 0.4) is 0 Å². The second-order valence-corrected chi connectivity index (χ2v) is 17.9. The molecule has 2 aromatic heterocycles. The van der Waals surface area contributed by atoms with Crippen LogP contribution in [0.4, 0.5) is 27.8 Å². The number of aromatic nitrogens is 1. The lowest BCUT2D eigenvalue weighted by Gasteiger charge is -2.31. The topological polar surface area (TPSA) is 11.4 Å². The molecule has 3 nitrogen and oxygen atoms in total. The van der Waals surface area contributed by atoms with Gasteiger partial charge in [-0.1, -0.05) is 135 Å². The highest BCUT2D eigenvalue weighted by Gasteiger charge is 2.36. The van der Waals surface area contributed by atoms with Gasteiger partial charge in [0.1, 0.15) is 0 Å². The van der Waals surface area contributed by atoms with Gasteiger partial charge in [-0.15, -0.1) is 11.3 Å². The molecular formula is C59H47N3S. The van der Waals surface area contributed by atoms with Crippen LogP contribution in [0, 0.1) is 0 Å². The SMILES string of the molecule is C/C=C\C=C(/C)N(c1cc(-c2ccc3c(c2)c2ccccc2n3-c2ccccc2)cc(N(c2cccs2)c2cccc3ccccc23)c1)c1ccc2c(c1)C(C)(C)c1ccccc1-2. The number of rotatable bonds is 9. The minimum atomic E-state index is -0.139. The summed E-state index contributed by atoms with van der Waals surface area (Å²) >= 11 is 1.76. The summed E-state index contributed by atoms with van der Waals surface area (Å²) in [5, 5.41) is 8.21. The fraction of sp³-hybridized carbons (Fsp3) is 0.0847. The summed E-state index contributed by atoms with van der Waals surface area (Å²) < 4.78 is 2.39. The van der Waals surface area contributed by atoms with Crippen LogP contribution in [0.15, 0.2) is 217 Å². The van der Waals surface area contributed by atoms with Gasteiger partial charge in [-0.05, 0) is 143 Å². The van der Waals surface area contributed by atoms with Crippen LogP contribution in [0.5, 0.6) is 0 Å². The molecule has 1 aliphatic rings. The zero-order chi connectivity index (χ0) is 42.7. The van der Waals surface area contributed by atoms with Crippen molar-refractivity contribution in [3.05, 3.63) is 228 Å². The van der Waals surface area contributed by atoms with Crippen molar-refractivity contribution >= 4 is 71.7 Å². The van der Waals surface area contributed by atoms with Gasteiger partial charge < -0.3 is 14.4 Å². The third-order valence-electron chi connectivity index (χ3n) is 12.9. The van der Waals surface area contributed by atoms with Gasteiger partial charge in [-0.2, -0.15) is 0 Å². The van der Waals surface area contributed by atoms with Crippen molar-refractivity contribution in [3.63, 3.8) is 0 Å². The average Bonchev–Trinajstić information content (AvgIpc) is 4.03. The van der Waals surface area contributed by atoms with Crippen molar-refractivity contribution in [2.24, 2.45) is 0 Å². The quantitative estimate of drug-likeness (QED) is 0.134. The Hall–Kier alpha value is -7.40. The second-order valence-electron chi connectivity index (χ2n) is 17.0. The lowest BCUT2D eigenvalue weighted by Crippen LogP contribution is -2.18. The average molecular weight is 830 g/mol. The van der Waals surface area contributed by atoms with Crippen molar-refractivity contribution in [1.82, 2.24) is 4.57 Å². The molecule has 0 fully saturated rings. The number of para-hydroxylation sites is 2. The molecule has 8 aromatic carbocycles. The molecule has 63 heavy (non-hydrogen) atoms. The second kappa shape index (κ2) is 15.5. The van der Waals surface area contributed by atoms with Gasteiger partial charge in [0.25, 0.3) is 0 Å². The molecule has 2 heterocycles. The molecule has 0 N–H and O–H groups in total. The molecule has 0 spiro atoms. The van der Waals surface area contributed by atoms with E-state index in [-0.39, 0.29) is 5.41 Å². The number of hydrogen-bond acceptors (Lipinski definition) is 3. The molecule has 0 amide bonds. The lowest BCUT2D eigenvalue weighted by atomic mass is 9.82. The van der Waals surface area contributed by atoms with Crippen LogP contribution in [0.25, 0.3) is 60.5 Å². The van der Waals surface area contributed by atoms with Gasteiger partial charge in [0.2, 0.25) is 0 Å². The van der Waals surface area contributed by atoms with Crippen LogP contribution in [0.2, 0.25) is 0 Å². The van der Waals surface area contributed by atoms with E-state index in [1.54, 1.807) is 11.3 Å². The monoisotopic (exact) mass is 829 g/mol. The summed E-state index contributed by atoms with van der Waals surface area (Å²) in [6.07, 6.45) is 6.47. The van der Waals surface area contributed by atoms with E-state index >= 15 is 0 Å². The van der Waals surface area contributed by atoms with Crippen LogP contribution in [-0.4, -0.2) is 4.57 Å². The molecule has 0 radical (unpaired) electrons. The van der Waals surface area contributed by atoms with Crippen molar-refractivity contribution in [2.75, 3.05) is 9.80 Å². The first-order valence-electron chi connectivity index (χ1n) is 21.8. The number of allylic oxidation sites excluding steroid dienone is 4. The molecule has 0 saturated heterocycles. The van der Waals surface area contributed by atoms with Crippen molar-refractivity contribution < 1.29 is 0 Å². The minimum Gasteiger partial charge on any atom is -0.314 e. The van der Waals surface area contributed by atoms with Crippen LogP contribution < -0.4 is 9.80 Å². The van der Waals surface area contributed by atoms with E-state index in [1.165, 1.54) is 54.8 Å². The Labute approximate surface area is 373 Å².